The SMILES string of the molecule is Clc1ccc(OCCCCCCOc2ccc(Cl)cc2Br)c(Br)c1. The Hall–Kier alpha value is -0.420. The zero-order valence-electron chi connectivity index (χ0n) is 13.0. The predicted octanol–water partition coefficient (Wildman–Crippen LogP) is 7.54. The van der Waals surface area contributed by atoms with Crippen molar-refractivity contribution >= 4 is 55.1 Å². The third-order valence-electron chi connectivity index (χ3n) is 3.34. The summed E-state index contributed by atoms with van der Waals surface area (Å²) in [6, 6.07) is 11.1. The maximum absolute atomic E-state index is 5.90. The van der Waals surface area contributed by atoms with Gasteiger partial charge in [0.05, 0.1) is 22.2 Å². The molecule has 2 rings (SSSR count). The molecule has 2 aromatic carbocycles. The molecule has 0 radical (unpaired) electrons. The van der Waals surface area contributed by atoms with Gasteiger partial charge in [-0.1, -0.05) is 23.2 Å². The van der Waals surface area contributed by atoms with Crippen molar-refractivity contribution in [3.63, 3.8) is 0 Å². The Kier molecular flexibility index (Phi) is 8.74. The average Bonchev–Trinajstić information content (AvgIpc) is 2.53. The largest absolute Gasteiger partial charge is 0.492 e. The molecule has 6 heteroatoms. The van der Waals surface area contributed by atoms with Gasteiger partial charge in [-0.3, -0.25) is 0 Å². The molecule has 0 saturated carbocycles. The summed E-state index contributed by atoms with van der Waals surface area (Å²) in [5, 5.41) is 1.39. The van der Waals surface area contributed by atoms with E-state index in [1.54, 1.807) is 0 Å². The Morgan fingerprint density at radius 1 is 0.667 bits per heavy atom. The van der Waals surface area contributed by atoms with E-state index in [1.807, 2.05) is 36.4 Å². The van der Waals surface area contributed by atoms with Gasteiger partial charge < -0.3 is 9.47 Å². The van der Waals surface area contributed by atoms with Crippen molar-refractivity contribution in [2.24, 2.45) is 0 Å². The molecule has 24 heavy (non-hydrogen) atoms. The van der Waals surface area contributed by atoms with Gasteiger partial charge in [-0.25, -0.2) is 0 Å². The van der Waals surface area contributed by atoms with Crippen LogP contribution in [0, 0.1) is 0 Å². The van der Waals surface area contributed by atoms with Crippen LogP contribution in [0.1, 0.15) is 25.7 Å². The molecule has 2 nitrogen and oxygen atoms in total. The summed E-state index contributed by atoms with van der Waals surface area (Å²) < 4.78 is 13.3. The molecule has 0 aliphatic carbocycles. The number of hydrogen-bond acceptors (Lipinski definition) is 2. The van der Waals surface area contributed by atoms with E-state index >= 15 is 0 Å². The third kappa shape index (κ3) is 6.83. The fraction of sp³-hybridized carbons (Fsp3) is 0.333. The lowest BCUT2D eigenvalue weighted by atomic mass is 10.2. The first-order chi connectivity index (χ1) is 11.6. The van der Waals surface area contributed by atoms with E-state index in [9.17, 15) is 0 Å². The van der Waals surface area contributed by atoms with Crippen molar-refractivity contribution in [1.29, 1.82) is 0 Å². The van der Waals surface area contributed by atoms with Crippen LogP contribution in [0.25, 0.3) is 0 Å². The molecule has 0 N–H and O–H groups in total. The second kappa shape index (κ2) is 10.5. The summed E-state index contributed by atoms with van der Waals surface area (Å²) in [4.78, 5) is 0. The highest BCUT2D eigenvalue weighted by Crippen LogP contribution is 2.29. The fourth-order valence-corrected chi connectivity index (χ4v) is 3.70. The van der Waals surface area contributed by atoms with Gasteiger partial charge in [0.1, 0.15) is 11.5 Å². The van der Waals surface area contributed by atoms with Gasteiger partial charge in [0, 0.05) is 10.0 Å². The maximum Gasteiger partial charge on any atom is 0.133 e. The maximum atomic E-state index is 5.90. The van der Waals surface area contributed by atoms with E-state index in [1.165, 1.54) is 0 Å². The smallest absolute Gasteiger partial charge is 0.133 e. The van der Waals surface area contributed by atoms with Crippen LogP contribution in [0.2, 0.25) is 10.0 Å². The minimum absolute atomic E-state index is 0.696. The van der Waals surface area contributed by atoms with Gasteiger partial charge >= 0.3 is 0 Å². The average molecular weight is 497 g/mol. The van der Waals surface area contributed by atoms with E-state index in [0.717, 1.165) is 46.1 Å². The standard InChI is InChI=1S/C18H18Br2Cl2O2/c19-15-11-13(21)5-7-17(15)23-9-3-1-2-4-10-24-18-8-6-14(22)12-16(18)20/h5-8,11-12H,1-4,9-10H2. The summed E-state index contributed by atoms with van der Waals surface area (Å²) in [6.07, 6.45) is 4.24. The molecular weight excluding hydrogens is 479 g/mol. The molecule has 2 aromatic rings. The summed E-state index contributed by atoms with van der Waals surface area (Å²) in [5.74, 6) is 1.66. The quantitative estimate of drug-likeness (QED) is 0.334. The molecule has 0 heterocycles. The summed E-state index contributed by atoms with van der Waals surface area (Å²) in [7, 11) is 0. The molecule has 0 spiro atoms. The van der Waals surface area contributed by atoms with Gasteiger partial charge in [0.15, 0.2) is 0 Å². The fourth-order valence-electron chi connectivity index (χ4n) is 2.11. The Morgan fingerprint density at radius 3 is 1.46 bits per heavy atom. The van der Waals surface area contributed by atoms with Gasteiger partial charge in [-0.05, 0) is 93.9 Å². The Morgan fingerprint density at radius 2 is 1.08 bits per heavy atom. The molecule has 0 fully saturated rings. The van der Waals surface area contributed by atoms with Crippen molar-refractivity contribution in [3.05, 3.63) is 55.4 Å². The van der Waals surface area contributed by atoms with Crippen molar-refractivity contribution < 1.29 is 9.47 Å². The number of benzene rings is 2. The summed E-state index contributed by atoms with van der Waals surface area (Å²) >= 11 is 18.7. The van der Waals surface area contributed by atoms with E-state index < -0.39 is 0 Å². The summed E-state index contributed by atoms with van der Waals surface area (Å²) in [6.45, 7) is 1.40. The van der Waals surface area contributed by atoms with Crippen molar-refractivity contribution in [1.82, 2.24) is 0 Å². The Bertz CT molecular complexity index is 608. The number of rotatable bonds is 9. The molecule has 0 aliphatic rings. The number of halogens is 4. The Balaban J connectivity index is 1.55. The lowest BCUT2D eigenvalue weighted by molar-refractivity contribution is 0.286. The molecule has 0 amide bonds. The van der Waals surface area contributed by atoms with Crippen LogP contribution in [0.5, 0.6) is 11.5 Å². The van der Waals surface area contributed by atoms with Gasteiger partial charge in [-0.15, -0.1) is 0 Å². The minimum atomic E-state index is 0.696. The number of hydrogen-bond donors (Lipinski definition) is 0. The van der Waals surface area contributed by atoms with Gasteiger partial charge in [-0.2, -0.15) is 0 Å². The van der Waals surface area contributed by atoms with Crippen LogP contribution in [0.3, 0.4) is 0 Å². The molecule has 0 aliphatic heterocycles. The molecule has 130 valence electrons. The van der Waals surface area contributed by atoms with Crippen LogP contribution in [-0.4, -0.2) is 13.2 Å². The van der Waals surface area contributed by atoms with E-state index in [4.69, 9.17) is 32.7 Å². The Labute approximate surface area is 169 Å². The first-order valence-corrected chi connectivity index (χ1v) is 10.1. The highest BCUT2D eigenvalue weighted by Gasteiger charge is 2.03. The lowest BCUT2D eigenvalue weighted by Gasteiger charge is -2.09. The van der Waals surface area contributed by atoms with E-state index in [0.29, 0.717) is 23.3 Å². The van der Waals surface area contributed by atoms with Crippen molar-refractivity contribution in [2.75, 3.05) is 13.2 Å². The van der Waals surface area contributed by atoms with Crippen LogP contribution in [0.4, 0.5) is 0 Å². The molecule has 0 unspecified atom stereocenters. The molecule has 0 aromatic heterocycles. The first-order valence-electron chi connectivity index (χ1n) is 7.72. The lowest BCUT2D eigenvalue weighted by Crippen LogP contribution is -2.00. The first kappa shape index (κ1) is 19.9. The highest BCUT2D eigenvalue weighted by atomic mass is 79.9. The van der Waals surface area contributed by atoms with Gasteiger partial charge in [0.25, 0.3) is 0 Å². The van der Waals surface area contributed by atoms with Crippen molar-refractivity contribution in [3.8, 4) is 11.5 Å². The molecule has 0 bridgehead atoms. The molecular formula is C18H18Br2Cl2O2. The normalized spacial score (nSPS) is 10.7. The zero-order chi connectivity index (χ0) is 17.4. The van der Waals surface area contributed by atoms with E-state index in [2.05, 4.69) is 31.9 Å². The van der Waals surface area contributed by atoms with Crippen LogP contribution < -0.4 is 9.47 Å². The minimum Gasteiger partial charge on any atom is -0.492 e. The predicted molar refractivity (Wildman–Crippen MR) is 108 cm³/mol. The zero-order valence-corrected chi connectivity index (χ0v) is 17.7. The van der Waals surface area contributed by atoms with Crippen LogP contribution >= 0.6 is 55.1 Å². The molecule has 0 atom stereocenters. The van der Waals surface area contributed by atoms with E-state index in [-0.39, 0.29) is 0 Å². The third-order valence-corrected chi connectivity index (χ3v) is 5.05. The second-order valence-corrected chi connectivity index (χ2v) is 7.84. The van der Waals surface area contributed by atoms with Crippen molar-refractivity contribution in [2.45, 2.75) is 25.7 Å². The highest BCUT2D eigenvalue weighted by molar-refractivity contribution is 9.10. The second-order valence-electron chi connectivity index (χ2n) is 5.26. The molecule has 0 saturated heterocycles. The van der Waals surface area contributed by atoms with Gasteiger partial charge in [0.2, 0.25) is 0 Å². The monoisotopic (exact) mass is 494 g/mol. The topological polar surface area (TPSA) is 18.5 Å². The van der Waals surface area contributed by atoms with Crippen LogP contribution in [0.15, 0.2) is 45.3 Å². The van der Waals surface area contributed by atoms with Crippen LogP contribution in [-0.2, 0) is 0 Å². The number of unbranched alkanes of at least 4 members (excludes halogenated alkanes) is 3. The number of ether oxygens (including phenoxy) is 2. The summed E-state index contributed by atoms with van der Waals surface area (Å²) in [5.41, 5.74) is 0.